The Morgan fingerprint density at radius 3 is 3.14 bits per heavy atom. The maximum atomic E-state index is 13.2. The number of nitrogens with one attached hydrogen (secondary N) is 2. The van der Waals surface area contributed by atoms with E-state index in [4.69, 9.17) is 0 Å². The molecule has 3 heterocycles. The zero-order valence-electron chi connectivity index (χ0n) is 12.1. The number of amides is 1. The van der Waals surface area contributed by atoms with Crippen LogP contribution in [0.3, 0.4) is 0 Å². The normalized spacial score (nSPS) is 17.1. The van der Waals surface area contributed by atoms with Gasteiger partial charge in [0.05, 0.1) is 0 Å². The molecule has 0 fully saturated rings. The highest BCUT2D eigenvalue weighted by atomic mass is 19.1. The van der Waals surface area contributed by atoms with E-state index in [1.807, 2.05) is 11.5 Å². The minimum Gasteiger partial charge on any atom is -0.347 e. The van der Waals surface area contributed by atoms with Gasteiger partial charge in [0.25, 0.3) is 11.5 Å². The standard InChI is InChI=1S/C14H16FN5O2/c1-2-11-18-19-12-4-3-9(7-20(11)12)17-14(22)10-5-8(15)6-16-13(10)21/h5-6,9H,2-4,7H2,1H3,(H,16,21)(H,17,22). The second-order valence-electron chi connectivity index (χ2n) is 5.27. The molecule has 1 unspecified atom stereocenters. The summed E-state index contributed by atoms with van der Waals surface area (Å²) in [6.07, 6.45) is 3.10. The van der Waals surface area contributed by atoms with E-state index in [1.54, 1.807) is 0 Å². The van der Waals surface area contributed by atoms with E-state index in [9.17, 15) is 14.0 Å². The number of fused-ring (bicyclic) bond motifs is 1. The van der Waals surface area contributed by atoms with Gasteiger partial charge in [0.2, 0.25) is 0 Å². The van der Waals surface area contributed by atoms with Gasteiger partial charge in [-0.25, -0.2) is 4.39 Å². The van der Waals surface area contributed by atoms with E-state index in [1.165, 1.54) is 0 Å². The predicted octanol–water partition coefficient (Wildman–Crippen LogP) is 0.413. The van der Waals surface area contributed by atoms with E-state index >= 15 is 0 Å². The number of aromatic amines is 1. The van der Waals surface area contributed by atoms with Crippen molar-refractivity contribution in [3.05, 3.63) is 45.6 Å². The molecule has 22 heavy (non-hydrogen) atoms. The third-order valence-corrected chi connectivity index (χ3v) is 3.79. The molecule has 1 aliphatic rings. The number of aryl methyl sites for hydroxylation is 2. The Labute approximate surface area is 125 Å². The van der Waals surface area contributed by atoms with Gasteiger partial charge in [0, 0.05) is 31.6 Å². The molecule has 0 aliphatic carbocycles. The molecule has 2 N–H and O–H groups in total. The van der Waals surface area contributed by atoms with Crippen LogP contribution in [0.25, 0.3) is 0 Å². The molecule has 1 aliphatic heterocycles. The number of carbonyl (C=O) groups is 1. The molecule has 0 bridgehead atoms. The van der Waals surface area contributed by atoms with Crippen LogP contribution in [-0.4, -0.2) is 31.7 Å². The lowest BCUT2D eigenvalue weighted by Crippen LogP contribution is -2.43. The van der Waals surface area contributed by atoms with Crippen molar-refractivity contribution in [1.82, 2.24) is 25.1 Å². The third kappa shape index (κ3) is 2.63. The Kier molecular flexibility index (Phi) is 3.74. The highest BCUT2D eigenvalue weighted by molar-refractivity contribution is 5.93. The van der Waals surface area contributed by atoms with Gasteiger partial charge < -0.3 is 14.9 Å². The second kappa shape index (κ2) is 5.70. The van der Waals surface area contributed by atoms with Crippen LogP contribution in [0.1, 0.15) is 35.4 Å². The van der Waals surface area contributed by atoms with Crippen LogP contribution in [0, 0.1) is 5.82 Å². The third-order valence-electron chi connectivity index (χ3n) is 3.79. The van der Waals surface area contributed by atoms with Crippen LogP contribution in [-0.2, 0) is 19.4 Å². The zero-order chi connectivity index (χ0) is 15.7. The minimum atomic E-state index is -0.650. The van der Waals surface area contributed by atoms with Crippen LogP contribution in [0.15, 0.2) is 17.1 Å². The lowest BCUT2D eigenvalue weighted by atomic mass is 10.1. The molecule has 0 spiro atoms. The maximum Gasteiger partial charge on any atom is 0.260 e. The largest absolute Gasteiger partial charge is 0.347 e. The number of hydrogen-bond donors (Lipinski definition) is 2. The van der Waals surface area contributed by atoms with Crippen molar-refractivity contribution in [2.75, 3.05) is 0 Å². The van der Waals surface area contributed by atoms with Crippen LogP contribution in [0.2, 0.25) is 0 Å². The van der Waals surface area contributed by atoms with Gasteiger partial charge in [0.1, 0.15) is 23.0 Å². The van der Waals surface area contributed by atoms with Gasteiger partial charge in [0.15, 0.2) is 0 Å². The van der Waals surface area contributed by atoms with Crippen molar-refractivity contribution in [3.63, 3.8) is 0 Å². The summed E-state index contributed by atoms with van der Waals surface area (Å²) in [5.74, 6) is 0.562. The molecule has 3 rings (SSSR count). The Hall–Kier alpha value is -2.51. The first kappa shape index (κ1) is 14.4. The number of pyridine rings is 1. The maximum absolute atomic E-state index is 13.2. The number of hydrogen-bond acceptors (Lipinski definition) is 4. The SMILES string of the molecule is CCc1nnc2n1CC(NC(=O)c1cc(F)c[nH]c1=O)CC2. The quantitative estimate of drug-likeness (QED) is 0.859. The average molecular weight is 305 g/mol. The minimum absolute atomic E-state index is 0.135. The molecule has 8 heteroatoms. The van der Waals surface area contributed by atoms with E-state index in [-0.39, 0.29) is 11.6 Å². The van der Waals surface area contributed by atoms with Gasteiger partial charge >= 0.3 is 0 Å². The highest BCUT2D eigenvalue weighted by Gasteiger charge is 2.24. The topological polar surface area (TPSA) is 92.7 Å². The van der Waals surface area contributed by atoms with Gasteiger partial charge in [-0.05, 0) is 12.5 Å². The van der Waals surface area contributed by atoms with Crippen molar-refractivity contribution in [1.29, 1.82) is 0 Å². The fraction of sp³-hybridized carbons (Fsp3) is 0.429. The number of aromatic nitrogens is 4. The number of carbonyl (C=O) groups excluding carboxylic acids is 1. The zero-order valence-corrected chi connectivity index (χ0v) is 12.1. The number of rotatable bonds is 3. The molecule has 0 aromatic carbocycles. The molecule has 1 atom stereocenters. The van der Waals surface area contributed by atoms with Crippen molar-refractivity contribution in [2.24, 2.45) is 0 Å². The molecule has 1 amide bonds. The van der Waals surface area contributed by atoms with Gasteiger partial charge in [-0.2, -0.15) is 0 Å². The summed E-state index contributed by atoms with van der Waals surface area (Å²) in [4.78, 5) is 26.0. The summed E-state index contributed by atoms with van der Waals surface area (Å²) in [5, 5.41) is 11.0. The number of nitrogens with zero attached hydrogens (tertiary/aromatic N) is 3. The monoisotopic (exact) mass is 305 g/mol. The summed E-state index contributed by atoms with van der Waals surface area (Å²) in [6, 6.07) is 0.808. The van der Waals surface area contributed by atoms with Crippen molar-refractivity contribution < 1.29 is 9.18 Å². The molecule has 7 nitrogen and oxygen atoms in total. The van der Waals surface area contributed by atoms with Crippen molar-refractivity contribution in [3.8, 4) is 0 Å². The van der Waals surface area contributed by atoms with Crippen molar-refractivity contribution >= 4 is 5.91 Å². The van der Waals surface area contributed by atoms with Crippen molar-refractivity contribution in [2.45, 2.75) is 38.8 Å². The summed E-state index contributed by atoms with van der Waals surface area (Å²) in [5.41, 5.74) is -0.820. The lowest BCUT2D eigenvalue weighted by molar-refractivity contribution is 0.0925. The Bertz CT molecular complexity index is 753. The van der Waals surface area contributed by atoms with Gasteiger partial charge in [-0.1, -0.05) is 6.92 Å². The Morgan fingerprint density at radius 1 is 1.55 bits per heavy atom. The Morgan fingerprint density at radius 2 is 2.36 bits per heavy atom. The van der Waals surface area contributed by atoms with Crippen LogP contribution in [0.4, 0.5) is 4.39 Å². The molecule has 116 valence electrons. The summed E-state index contributed by atoms with van der Waals surface area (Å²) in [6.45, 7) is 2.55. The summed E-state index contributed by atoms with van der Waals surface area (Å²) >= 11 is 0. The smallest absolute Gasteiger partial charge is 0.260 e. The van der Waals surface area contributed by atoms with Crippen LogP contribution < -0.4 is 10.9 Å². The summed E-state index contributed by atoms with van der Waals surface area (Å²) < 4.78 is 15.2. The fourth-order valence-corrected chi connectivity index (χ4v) is 2.65. The molecule has 0 radical (unpaired) electrons. The van der Waals surface area contributed by atoms with Crippen LogP contribution in [0.5, 0.6) is 0 Å². The Balaban J connectivity index is 1.76. The van der Waals surface area contributed by atoms with Gasteiger partial charge in [-0.3, -0.25) is 9.59 Å². The first-order valence-electron chi connectivity index (χ1n) is 7.18. The van der Waals surface area contributed by atoms with E-state index in [0.29, 0.717) is 19.4 Å². The number of halogens is 1. The molecular weight excluding hydrogens is 289 g/mol. The molecule has 0 saturated heterocycles. The van der Waals surface area contributed by atoms with Crippen LogP contribution >= 0.6 is 0 Å². The average Bonchev–Trinajstić information content (AvgIpc) is 2.92. The highest BCUT2D eigenvalue weighted by Crippen LogP contribution is 2.15. The molecule has 0 saturated carbocycles. The predicted molar refractivity (Wildman–Crippen MR) is 76.0 cm³/mol. The molecule has 2 aromatic heterocycles. The molecule has 2 aromatic rings. The number of H-pyrrole nitrogens is 1. The lowest BCUT2D eigenvalue weighted by Gasteiger charge is -2.25. The second-order valence-corrected chi connectivity index (χ2v) is 5.27. The van der Waals surface area contributed by atoms with Gasteiger partial charge in [-0.15, -0.1) is 10.2 Å². The van der Waals surface area contributed by atoms with E-state index < -0.39 is 17.3 Å². The first-order chi connectivity index (χ1) is 10.6. The summed E-state index contributed by atoms with van der Waals surface area (Å²) in [7, 11) is 0. The van der Waals surface area contributed by atoms with E-state index in [0.717, 1.165) is 30.3 Å². The first-order valence-corrected chi connectivity index (χ1v) is 7.18. The van der Waals surface area contributed by atoms with E-state index in [2.05, 4.69) is 20.5 Å². The fourth-order valence-electron chi connectivity index (χ4n) is 2.65. The molecular formula is C14H16FN5O2.